The molecule has 0 bridgehead atoms. The molecule has 1 unspecified atom stereocenters. The second kappa shape index (κ2) is 8.03. The number of benzene rings is 1. The number of rotatable bonds is 6. The predicted molar refractivity (Wildman–Crippen MR) is 85.6 cm³/mol. The van der Waals surface area contributed by atoms with Crippen molar-refractivity contribution in [1.82, 2.24) is 0 Å². The summed E-state index contributed by atoms with van der Waals surface area (Å²) in [5.41, 5.74) is 0.921. The lowest BCUT2D eigenvalue weighted by atomic mass is 10.1. The fourth-order valence-electron chi connectivity index (χ4n) is 1.54. The molecule has 1 rings (SSSR count). The molecule has 0 aliphatic heterocycles. The molecule has 0 amide bonds. The molecule has 0 N–H and O–H groups in total. The summed E-state index contributed by atoms with van der Waals surface area (Å²) >= 11 is 6.68. The highest BCUT2D eigenvalue weighted by Crippen LogP contribution is 2.33. The quantitative estimate of drug-likeness (QED) is 0.592. The number of thiocarbonyl (C=S) groups is 1. The van der Waals surface area contributed by atoms with E-state index in [4.69, 9.17) is 17.0 Å². The van der Waals surface area contributed by atoms with Gasteiger partial charge in [-0.1, -0.05) is 54.3 Å². The molecule has 0 spiro atoms. The zero-order valence-electron chi connectivity index (χ0n) is 11.6. The predicted octanol–water partition coefficient (Wildman–Crippen LogP) is 3.72. The first-order valence-corrected chi connectivity index (χ1v) is 7.58. The van der Waals surface area contributed by atoms with Crippen molar-refractivity contribution in [3.63, 3.8) is 0 Å². The minimum Gasteiger partial charge on any atom is -0.466 e. The van der Waals surface area contributed by atoms with E-state index in [-0.39, 0.29) is 12.4 Å². The van der Waals surface area contributed by atoms with E-state index in [1.165, 1.54) is 11.8 Å². The van der Waals surface area contributed by atoms with Gasteiger partial charge < -0.3 is 4.74 Å². The van der Waals surface area contributed by atoms with Gasteiger partial charge in [-0.15, -0.1) is 0 Å². The van der Waals surface area contributed by atoms with Crippen molar-refractivity contribution < 1.29 is 9.53 Å². The van der Waals surface area contributed by atoms with Crippen LogP contribution < -0.4 is 0 Å². The number of hydrogen-bond acceptors (Lipinski definition) is 5. The number of hydrogen-bond donors (Lipinski definition) is 0. The second-order valence-electron chi connectivity index (χ2n) is 4.40. The van der Waals surface area contributed by atoms with E-state index in [0.717, 1.165) is 5.56 Å². The van der Waals surface area contributed by atoms with Gasteiger partial charge in [-0.3, -0.25) is 4.79 Å². The average Bonchev–Trinajstić information content (AvgIpc) is 2.46. The highest BCUT2D eigenvalue weighted by atomic mass is 32.2. The van der Waals surface area contributed by atoms with Gasteiger partial charge in [0.15, 0.2) is 0 Å². The van der Waals surface area contributed by atoms with Gasteiger partial charge in [0.2, 0.25) is 0 Å². The first kappa shape index (κ1) is 16.7. The molecule has 1 atom stereocenters. The van der Waals surface area contributed by atoms with Crippen molar-refractivity contribution in [3.05, 3.63) is 35.9 Å². The largest absolute Gasteiger partial charge is 0.466 e. The van der Waals surface area contributed by atoms with Gasteiger partial charge >= 0.3 is 5.97 Å². The zero-order chi connectivity index (χ0) is 15.0. The van der Waals surface area contributed by atoms with Crippen LogP contribution in [0.15, 0.2) is 30.3 Å². The molecule has 20 heavy (non-hydrogen) atoms. The third-order valence-corrected chi connectivity index (χ3v) is 4.33. The maximum atomic E-state index is 11.4. The Morgan fingerprint density at radius 3 is 2.65 bits per heavy atom. The van der Waals surface area contributed by atoms with Crippen LogP contribution in [-0.2, 0) is 9.53 Å². The molecule has 3 nitrogen and oxygen atoms in total. The Bertz CT molecular complexity index is 510. The summed E-state index contributed by atoms with van der Waals surface area (Å²) < 4.78 is 4.82. The zero-order valence-corrected chi connectivity index (χ0v) is 13.2. The summed E-state index contributed by atoms with van der Waals surface area (Å²) in [7, 11) is 0. The highest BCUT2D eigenvalue weighted by Gasteiger charge is 2.28. The fourth-order valence-corrected chi connectivity index (χ4v) is 3.14. The molecule has 0 saturated heterocycles. The fraction of sp³-hybridized carbons (Fsp3) is 0.400. The Labute approximate surface area is 129 Å². The Balaban J connectivity index is 2.64. The maximum Gasteiger partial charge on any atom is 0.305 e. The van der Waals surface area contributed by atoms with Crippen LogP contribution in [-0.4, -0.2) is 21.5 Å². The normalized spacial score (nSPS) is 13.1. The summed E-state index contributed by atoms with van der Waals surface area (Å²) in [4.78, 5) is 11.4. The van der Waals surface area contributed by atoms with Crippen LogP contribution in [0.3, 0.4) is 0 Å². The maximum absolute atomic E-state index is 11.4. The minimum absolute atomic E-state index is 0.225. The first-order valence-electron chi connectivity index (χ1n) is 6.36. The molecular formula is C15H17NO2S2. The van der Waals surface area contributed by atoms with Crippen LogP contribution in [0.2, 0.25) is 0 Å². The Morgan fingerprint density at radius 2 is 2.10 bits per heavy atom. The van der Waals surface area contributed by atoms with Crippen LogP contribution >= 0.6 is 24.0 Å². The van der Waals surface area contributed by atoms with Crippen molar-refractivity contribution in [2.75, 3.05) is 6.61 Å². The van der Waals surface area contributed by atoms with E-state index in [0.29, 0.717) is 17.2 Å². The number of thioether (sulfide) groups is 1. The van der Waals surface area contributed by atoms with E-state index in [1.54, 1.807) is 13.8 Å². The molecule has 0 aromatic heterocycles. The van der Waals surface area contributed by atoms with Gasteiger partial charge in [-0.2, -0.15) is 5.26 Å². The topological polar surface area (TPSA) is 50.1 Å². The molecular weight excluding hydrogens is 290 g/mol. The summed E-state index contributed by atoms with van der Waals surface area (Å²) in [6.45, 7) is 3.92. The number of carbonyl (C=O) groups excluding carboxylic acids is 1. The molecule has 0 aliphatic rings. The number of ether oxygens (including phenoxy) is 1. The van der Waals surface area contributed by atoms with E-state index in [1.807, 2.05) is 30.3 Å². The second-order valence-corrected chi connectivity index (χ2v) is 6.58. The van der Waals surface area contributed by atoms with Gasteiger partial charge in [0, 0.05) is 6.42 Å². The molecule has 1 aromatic rings. The molecule has 5 heteroatoms. The van der Waals surface area contributed by atoms with Crippen LogP contribution in [0, 0.1) is 11.3 Å². The Morgan fingerprint density at radius 1 is 1.45 bits per heavy atom. The van der Waals surface area contributed by atoms with E-state index >= 15 is 0 Å². The lowest BCUT2D eigenvalue weighted by Crippen LogP contribution is -2.22. The van der Waals surface area contributed by atoms with Crippen molar-refractivity contribution in [3.8, 4) is 6.07 Å². The summed E-state index contributed by atoms with van der Waals surface area (Å²) in [5.74, 6) is -0.278. The van der Waals surface area contributed by atoms with E-state index in [2.05, 4.69) is 6.07 Å². The molecule has 0 aliphatic carbocycles. The lowest BCUT2D eigenvalue weighted by Gasteiger charge is -2.20. The average molecular weight is 307 g/mol. The van der Waals surface area contributed by atoms with Crippen molar-refractivity contribution in [1.29, 1.82) is 5.26 Å². The minimum atomic E-state index is -0.723. The van der Waals surface area contributed by atoms with Crippen LogP contribution in [0.4, 0.5) is 0 Å². The number of nitriles is 1. The van der Waals surface area contributed by atoms with Crippen LogP contribution in [0.25, 0.3) is 0 Å². The molecule has 0 radical (unpaired) electrons. The van der Waals surface area contributed by atoms with Crippen LogP contribution in [0.1, 0.15) is 32.3 Å². The summed E-state index contributed by atoms with van der Waals surface area (Å²) in [6, 6.07) is 11.8. The molecule has 0 fully saturated rings. The summed E-state index contributed by atoms with van der Waals surface area (Å²) in [6.07, 6.45) is 0.641. The van der Waals surface area contributed by atoms with Crippen molar-refractivity contribution in [2.45, 2.75) is 31.4 Å². The number of esters is 1. The highest BCUT2D eigenvalue weighted by molar-refractivity contribution is 8.24. The summed E-state index contributed by atoms with van der Waals surface area (Å²) in [5, 5.41) is 9.34. The van der Waals surface area contributed by atoms with Gasteiger partial charge in [0.1, 0.15) is 4.75 Å². The number of carbonyl (C=O) groups is 1. The first-order chi connectivity index (χ1) is 9.50. The van der Waals surface area contributed by atoms with Crippen molar-refractivity contribution in [2.24, 2.45) is 0 Å². The molecule has 0 saturated carbocycles. The molecule has 1 aromatic carbocycles. The Hall–Kier alpha value is -1.38. The molecule has 0 heterocycles. The monoisotopic (exact) mass is 307 g/mol. The number of nitrogens with zero attached hydrogens (tertiary/aromatic N) is 1. The van der Waals surface area contributed by atoms with Gasteiger partial charge in [0.05, 0.1) is 16.9 Å². The third kappa shape index (κ3) is 5.32. The SMILES string of the molecule is CCOC(=O)CCC(C)(C#N)SC(=S)c1ccccc1. The van der Waals surface area contributed by atoms with Crippen LogP contribution in [0.5, 0.6) is 0 Å². The van der Waals surface area contributed by atoms with Gasteiger partial charge in [0.25, 0.3) is 0 Å². The molecule has 106 valence electrons. The van der Waals surface area contributed by atoms with E-state index in [9.17, 15) is 10.1 Å². The third-order valence-electron chi connectivity index (χ3n) is 2.68. The standard InChI is InChI=1S/C15H17NO2S2/c1-3-18-13(17)9-10-15(2,11-16)20-14(19)12-7-5-4-6-8-12/h4-8H,3,9-10H2,1-2H3. The lowest BCUT2D eigenvalue weighted by molar-refractivity contribution is -0.143. The van der Waals surface area contributed by atoms with Crippen molar-refractivity contribution >= 4 is 34.1 Å². The van der Waals surface area contributed by atoms with Gasteiger partial charge in [-0.25, -0.2) is 0 Å². The smallest absolute Gasteiger partial charge is 0.305 e. The Kier molecular flexibility index (Phi) is 6.69. The van der Waals surface area contributed by atoms with E-state index < -0.39 is 4.75 Å². The van der Waals surface area contributed by atoms with Gasteiger partial charge in [-0.05, 0) is 25.8 Å².